The van der Waals surface area contributed by atoms with Crippen molar-refractivity contribution in [1.29, 1.82) is 0 Å². The molecule has 0 spiro atoms. The lowest BCUT2D eigenvalue weighted by molar-refractivity contribution is -0.384. The summed E-state index contributed by atoms with van der Waals surface area (Å²) in [6, 6.07) is 8.26. The topological polar surface area (TPSA) is 97.5 Å². The minimum atomic E-state index is -0.564. The Morgan fingerprint density at radius 2 is 1.96 bits per heavy atom. The van der Waals surface area contributed by atoms with Gasteiger partial charge in [-0.3, -0.25) is 19.7 Å². The number of nitro groups is 1. The van der Waals surface area contributed by atoms with Crippen LogP contribution < -0.4 is 5.32 Å². The molecule has 0 unspecified atom stereocenters. The number of benzene rings is 1. The predicted molar refractivity (Wildman–Crippen MR) is 96.9 cm³/mol. The van der Waals surface area contributed by atoms with Gasteiger partial charge in [0.05, 0.1) is 17.7 Å². The number of amides is 2. The van der Waals surface area contributed by atoms with E-state index >= 15 is 0 Å². The molecule has 0 aliphatic rings. The van der Waals surface area contributed by atoms with Crippen LogP contribution in [-0.2, 0) is 18.4 Å². The van der Waals surface area contributed by atoms with E-state index in [4.69, 9.17) is 11.6 Å². The average molecular weight is 379 g/mol. The molecule has 0 radical (unpaired) electrons. The molecular weight excluding hydrogens is 360 g/mol. The molecule has 2 aromatic rings. The smallest absolute Gasteiger partial charge is 0.287 e. The third kappa shape index (κ3) is 4.82. The number of halogens is 1. The number of rotatable bonds is 7. The molecule has 1 heterocycles. The molecule has 1 aromatic carbocycles. The average Bonchev–Trinajstić information content (AvgIpc) is 3.00. The van der Waals surface area contributed by atoms with E-state index in [0.717, 1.165) is 5.56 Å². The van der Waals surface area contributed by atoms with Gasteiger partial charge in [0, 0.05) is 31.2 Å². The lowest BCUT2D eigenvalue weighted by atomic mass is 10.2. The summed E-state index contributed by atoms with van der Waals surface area (Å²) in [5, 5.41) is 14.2. The van der Waals surface area contributed by atoms with Crippen molar-refractivity contribution in [3.05, 3.63) is 62.9 Å². The summed E-state index contributed by atoms with van der Waals surface area (Å²) in [6.07, 6.45) is 1.27. The Labute approximate surface area is 155 Å². The second-order valence-electron chi connectivity index (χ2n) is 5.67. The zero-order valence-electron chi connectivity index (χ0n) is 14.4. The maximum Gasteiger partial charge on any atom is 0.287 e. The van der Waals surface area contributed by atoms with Gasteiger partial charge in [0.1, 0.15) is 5.69 Å². The van der Waals surface area contributed by atoms with E-state index in [2.05, 4.69) is 5.32 Å². The highest BCUT2D eigenvalue weighted by atomic mass is 35.5. The molecule has 0 bridgehead atoms. The molecule has 0 saturated carbocycles. The van der Waals surface area contributed by atoms with Gasteiger partial charge < -0.3 is 14.8 Å². The van der Waals surface area contributed by atoms with Gasteiger partial charge in [0.25, 0.3) is 11.6 Å². The molecule has 0 atom stereocenters. The molecule has 26 heavy (non-hydrogen) atoms. The number of likely N-dealkylation sites (N-methyl/N-ethyl adjacent to an activating group) is 1. The van der Waals surface area contributed by atoms with Crippen LogP contribution in [0.2, 0.25) is 5.02 Å². The number of hydrogen-bond donors (Lipinski definition) is 1. The normalized spacial score (nSPS) is 10.4. The quantitative estimate of drug-likeness (QED) is 0.590. The first-order valence-corrected chi connectivity index (χ1v) is 8.30. The standard InChI is InChI=1S/C17H19ClN4O4/c1-3-21(17(24)15-8-14(22(25)26)10-20(15)2)11-16(23)19-9-12-4-6-13(18)7-5-12/h4-8,10H,3,9,11H2,1-2H3,(H,19,23). The van der Waals surface area contributed by atoms with Crippen molar-refractivity contribution in [3.8, 4) is 0 Å². The Hall–Kier alpha value is -2.87. The highest BCUT2D eigenvalue weighted by Gasteiger charge is 2.23. The van der Waals surface area contributed by atoms with E-state index < -0.39 is 10.8 Å². The van der Waals surface area contributed by atoms with Gasteiger partial charge in [-0.15, -0.1) is 0 Å². The van der Waals surface area contributed by atoms with E-state index in [1.54, 1.807) is 38.2 Å². The lowest BCUT2D eigenvalue weighted by Crippen LogP contribution is -2.41. The van der Waals surface area contributed by atoms with Gasteiger partial charge >= 0.3 is 0 Å². The molecule has 0 saturated heterocycles. The Morgan fingerprint density at radius 3 is 2.50 bits per heavy atom. The zero-order valence-corrected chi connectivity index (χ0v) is 15.2. The SMILES string of the molecule is CCN(CC(=O)NCc1ccc(Cl)cc1)C(=O)c1cc([N+](=O)[O-])cn1C. The van der Waals surface area contributed by atoms with E-state index in [-0.39, 0.29) is 23.8 Å². The van der Waals surface area contributed by atoms with E-state index in [9.17, 15) is 19.7 Å². The second kappa shape index (κ2) is 8.48. The molecule has 8 nitrogen and oxygen atoms in total. The van der Waals surface area contributed by atoms with Crippen LogP contribution in [-0.4, -0.2) is 39.3 Å². The van der Waals surface area contributed by atoms with Crippen LogP contribution in [0.25, 0.3) is 0 Å². The number of aromatic nitrogens is 1. The maximum atomic E-state index is 12.6. The number of carbonyl (C=O) groups is 2. The Bertz CT molecular complexity index is 817. The van der Waals surface area contributed by atoms with Crippen LogP contribution in [0.15, 0.2) is 36.5 Å². The van der Waals surface area contributed by atoms with Crippen LogP contribution in [0, 0.1) is 10.1 Å². The van der Waals surface area contributed by atoms with Crippen LogP contribution in [0.4, 0.5) is 5.69 Å². The summed E-state index contributed by atoms with van der Waals surface area (Å²) in [7, 11) is 1.55. The van der Waals surface area contributed by atoms with Gasteiger partial charge in [0.2, 0.25) is 5.91 Å². The Morgan fingerprint density at radius 1 is 1.31 bits per heavy atom. The summed E-state index contributed by atoms with van der Waals surface area (Å²) >= 11 is 5.81. The summed E-state index contributed by atoms with van der Waals surface area (Å²) in [6.45, 7) is 2.22. The molecule has 2 amide bonds. The largest absolute Gasteiger partial charge is 0.350 e. The van der Waals surface area contributed by atoms with Gasteiger partial charge in [-0.25, -0.2) is 0 Å². The maximum absolute atomic E-state index is 12.6. The molecule has 9 heteroatoms. The minimum Gasteiger partial charge on any atom is -0.350 e. The number of hydrogen-bond acceptors (Lipinski definition) is 4. The van der Waals surface area contributed by atoms with Crippen molar-refractivity contribution >= 4 is 29.1 Å². The van der Waals surface area contributed by atoms with Gasteiger partial charge in [-0.05, 0) is 24.6 Å². The monoisotopic (exact) mass is 378 g/mol. The van der Waals surface area contributed by atoms with Crippen molar-refractivity contribution < 1.29 is 14.5 Å². The zero-order chi connectivity index (χ0) is 19.3. The third-order valence-electron chi connectivity index (χ3n) is 3.83. The number of nitrogens with zero attached hydrogens (tertiary/aromatic N) is 3. The van der Waals surface area contributed by atoms with Gasteiger partial charge in [-0.2, -0.15) is 0 Å². The van der Waals surface area contributed by atoms with E-state index in [0.29, 0.717) is 18.1 Å². The lowest BCUT2D eigenvalue weighted by Gasteiger charge is -2.20. The van der Waals surface area contributed by atoms with Crippen LogP contribution in [0.5, 0.6) is 0 Å². The first-order chi connectivity index (χ1) is 12.3. The van der Waals surface area contributed by atoms with E-state index in [1.807, 2.05) is 0 Å². The fourth-order valence-corrected chi connectivity index (χ4v) is 2.51. The highest BCUT2D eigenvalue weighted by Crippen LogP contribution is 2.17. The summed E-state index contributed by atoms with van der Waals surface area (Å²) in [4.78, 5) is 36.3. The van der Waals surface area contributed by atoms with Crippen LogP contribution in [0.1, 0.15) is 23.0 Å². The van der Waals surface area contributed by atoms with Crippen LogP contribution in [0.3, 0.4) is 0 Å². The van der Waals surface area contributed by atoms with Gasteiger partial charge in [-0.1, -0.05) is 23.7 Å². The number of carbonyl (C=O) groups excluding carboxylic acids is 2. The molecule has 2 rings (SSSR count). The third-order valence-corrected chi connectivity index (χ3v) is 4.08. The molecule has 1 N–H and O–H groups in total. The van der Waals surface area contributed by atoms with Crippen molar-refractivity contribution in [3.63, 3.8) is 0 Å². The fourth-order valence-electron chi connectivity index (χ4n) is 2.38. The molecule has 1 aromatic heterocycles. The fraction of sp³-hybridized carbons (Fsp3) is 0.294. The minimum absolute atomic E-state index is 0.137. The molecule has 0 aliphatic carbocycles. The molecule has 0 fully saturated rings. The Kier molecular flexibility index (Phi) is 6.35. The highest BCUT2D eigenvalue weighted by molar-refractivity contribution is 6.30. The first kappa shape index (κ1) is 19.5. The molecule has 0 aliphatic heterocycles. The molecule has 138 valence electrons. The summed E-state index contributed by atoms with van der Waals surface area (Å²) in [5.41, 5.74) is 0.873. The van der Waals surface area contributed by atoms with Crippen LogP contribution >= 0.6 is 11.6 Å². The second-order valence-corrected chi connectivity index (χ2v) is 6.11. The number of nitrogens with one attached hydrogen (secondary N) is 1. The van der Waals surface area contributed by atoms with Crippen molar-refractivity contribution in [2.45, 2.75) is 13.5 Å². The first-order valence-electron chi connectivity index (χ1n) is 7.93. The number of aryl methyl sites for hydroxylation is 1. The summed E-state index contributed by atoms with van der Waals surface area (Å²) < 4.78 is 1.38. The predicted octanol–water partition coefficient (Wildman–Crippen LogP) is 2.37. The van der Waals surface area contributed by atoms with Crippen molar-refractivity contribution in [1.82, 2.24) is 14.8 Å². The van der Waals surface area contributed by atoms with E-state index in [1.165, 1.54) is 21.7 Å². The summed E-state index contributed by atoms with van der Waals surface area (Å²) in [5.74, 6) is -0.761. The van der Waals surface area contributed by atoms with Crippen molar-refractivity contribution in [2.75, 3.05) is 13.1 Å². The Balaban J connectivity index is 1.99. The van der Waals surface area contributed by atoms with Crippen molar-refractivity contribution in [2.24, 2.45) is 7.05 Å². The van der Waals surface area contributed by atoms with Gasteiger partial charge in [0.15, 0.2) is 0 Å². The molecular formula is C17H19ClN4O4.